The minimum Gasteiger partial charge on any atom is -0.337 e. The van der Waals surface area contributed by atoms with E-state index in [0.29, 0.717) is 9.90 Å². The normalized spacial score (nSPS) is 15.7. The number of aryl methyl sites for hydroxylation is 1. The molecule has 28 heavy (non-hydrogen) atoms. The molecular weight excluding hydrogens is 390 g/mol. The SMILES string of the molecule is Cc1ccc2c(Cl)c(C(=O)N3CCCN(CCc4ccncc4)CC3)sc2c1. The second-order valence-electron chi connectivity index (χ2n) is 7.34. The monoisotopic (exact) mass is 413 g/mol. The van der Waals surface area contributed by atoms with Crippen LogP contribution < -0.4 is 0 Å². The summed E-state index contributed by atoms with van der Waals surface area (Å²) in [5.74, 6) is 0.0693. The van der Waals surface area contributed by atoms with Crippen molar-refractivity contribution in [3.05, 3.63) is 63.8 Å². The third-order valence-corrected chi connectivity index (χ3v) is 6.97. The molecule has 0 N–H and O–H groups in total. The van der Waals surface area contributed by atoms with Gasteiger partial charge in [-0.1, -0.05) is 23.7 Å². The average molecular weight is 414 g/mol. The number of pyridine rings is 1. The van der Waals surface area contributed by atoms with Crippen LogP contribution in [0.25, 0.3) is 10.1 Å². The van der Waals surface area contributed by atoms with Gasteiger partial charge in [-0.3, -0.25) is 9.78 Å². The van der Waals surface area contributed by atoms with Gasteiger partial charge >= 0.3 is 0 Å². The molecular formula is C22H24ClN3OS. The van der Waals surface area contributed by atoms with Gasteiger partial charge in [-0.25, -0.2) is 0 Å². The summed E-state index contributed by atoms with van der Waals surface area (Å²) in [7, 11) is 0. The summed E-state index contributed by atoms with van der Waals surface area (Å²) in [5, 5.41) is 1.58. The first-order valence-corrected chi connectivity index (χ1v) is 10.9. The molecule has 4 nitrogen and oxygen atoms in total. The number of halogens is 1. The summed E-state index contributed by atoms with van der Waals surface area (Å²) >= 11 is 8.07. The van der Waals surface area contributed by atoms with Crippen LogP contribution >= 0.6 is 22.9 Å². The van der Waals surface area contributed by atoms with Crippen LogP contribution in [0.2, 0.25) is 5.02 Å². The smallest absolute Gasteiger partial charge is 0.265 e. The molecule has 0 unspecified atom stereocenters. The molecule has 0 radical (unpaired) electrons. The molecule has 146 valence electrons. The number of aromatic nitrogens is 1. The summed E-state index contributed by atoms with van der Waals surface area (Å²) in [4.78, 5) is 22.3. The predicted molar refractivity (Wildman–Crippen MR) is 116 cm³/mol. The highest BCUT2D eigenvalue weighted by atomic mass is 35.5. The summed E-state index contributed by atoms with van der Waals surface area (Å²) in [5.41, 5.74) is 2.49. The highest BCUT2D eigenvalue weighted by molar-refractivity contribution is 7.21. The van der Waals surface area contributed by atoms with Crippen molar-refractivity contribution in [2.45, 2.75) is 19.8 Å². The van der Waals surface area contributed by atoms with Crippen molar-refractivity contribution in [1.82, 2.24) is 14.8 Å². The summed E-state index contributed by atoms with van der Waals surface area (Å²) in [6.45, 7) is 6.53. The molecule has 1 saturated heterocycles. The quantitative estimate of drug-likeness (QED) is 0.624. The third kappa shape index (κ3) is 4.22. The molecule has 2 aromatic heterocycles. The van der Waals surface area contributed by atoms with E-state index in [9.17, 15) is 4.79 Å². The average Bonchev–Trinajstić information content (AvgIpc) is 2.88. The van der Waals surface area contributed by atoms with Gasteiger partial charge in [0.25, 0.3) is 5.91 Å². The number of amides is 1. The molecule has 1 aliphatic heterocycles. The molecule has 0 spiro atoms. The van der Waals surface area contributed by atoms with Crippen molar-refractivity contribution >= 4 is 38.9 Å². The Hall–Kier alpha value is -1.95. The Bertz CT molecular complexity index is 973. The van der Waals surface area contributed by atoms with Crippen LogP contribution in [0.5, 0.6) is 0 Å². The molecule has 0 aliphatic carbocycles. The van der Waals surface area contributed by atoms with E-state index in [0.717, 1.165) is 55.7 Å². The van der Waals surface area contributed by atoms with Gasteiger partial charge in [0, 0.05) is 48.7 Å². The first-order chi connectivity index (χ1) is 13.6. The van der Waals surface area contributed by atoms with Gasteiger partial charge in [0.2, 0.25) is 0 Å². The van der Waals surface area contributed by atoms with Crippen LogP contribution in [-0.2, 0) is 6.42 Å². The van der Waals surface area contributed by atoms with E-state index in [2.05, 4.69) is 35.0 Å². The largest absolute Gasteiger partial charge is 0.337 e. The maximum Gasteiger partial charge on any atom is 0.265 e. The number of carbonyl (C=O) groups excluding carboxylic acids is 1. The van der Waals surface area contributed by atoms with Crippen LogP contribution in [0.15, 0.2) is 42.7 Å². The second-order valence-corrected chi connectivity index (χ2v) is 8.77. The maximum absolute atomic E-state index is 13.1. The van der Waals surface area contributed by atoms with Gasteiger partial charge in [-0.2, -0.15) is 0 Å². The van der Waals surface area contributed by atoms with E-state index < -0.39 is 0 Å². The highest BCUT2D eigenvalue weighted by Crippen LogP contribution is 2.36. The third-order valence-electron chi connectivity index (χ3n) is 5.32. The molecule has 0 bridgehead atoms. The fourth-order valence-electron chi connectivity index (χ4n) is 3.69. The fourth-order valence-corrected chi connectivity index (χ4v) is 5.27. The number of hydrogen-bond acceptors (Lipinski definition) is 4. The lowest BCUT2D eigenvalue weighted by molar-refractivity contribution is 0.0766. The Balaban J connectivity index is 1.41. The number of benzene rings is 1. The van der Waals surface area contributed by atoms with E-state index in [1.165, 1.54) is 22.5 Å². The molecule has 1 fully saturated rings. The number of thiophene rings is 1. The maximum atomic E-state index is 13.1. The Morgan fingerprint density at radius 1 is 1.14 bits per heavy atom. The molecule has 3 aromatic rings. The van der Waals surface area contributed by atoms with E-state index >= 15 is 0 Å². The zero-order chi connectivity index (χ0) is 19.5. The molecule has 1 aromatic carbocycles. The molecule has 6 heteroatoms. The topological polar surface area (TPSA) is 36.4 Å². The summed E-state index contributed by atoms with van der Waals surface area (Å²) < 4.78 is 1.09. The first-order valence-electron chi connectivity index (χ1n) is 9.71. The van der Waals surface area contributed by atoms with Gasteiger partial charge in [0.05, 0.1) is 5.02 Å². The minimum atomic E-state index is 0.0693. The van der Waals surface area contributed by atoms with Crippen LogP contribution in [0, 0.1) is 6.92 Å². The second kappa shape index (κ2) is 8.60. The standard InChI is InChI=1S/C22H24ClN3OS/c1-16-3-4-18-19(15-16)28-21(20(18)23)22(27)26-11-2-10-25(13-14-26)12-7-17-5-8-24-9-6-17/h3-6,8-9,15H,2,7,10-14H2,1H3. The summed E-state index contributed by atoms with van der Waals surface area (Å²) in [6.07, 6.45) is 5.68. The minimum absolute atomic E-state index is 0.0693. The van der Waals surface area contributed by atoms with Gasteiger partial charge < -0.3 is 9.80 Å². The number of carbonyl (C=O) groups is 1. The van der Waals surface area contributed by atoms with E-state index in [1.54, 1.807) is 0 Å². The van der Waals surface area contributed by atoms with Crippen LogP contribution in [0.4, 0.5) is 0 Å². The van der Waals surface area contributed by atoms with Crippen molar-refractivity contribution in [2.75, 3.05) is 32.7 Å². The zero-order valence-corrected chi connectivity index (χ0v) is 17.6. The van der Waals surface area contributed by atoms with Crippen molar-refractivity contribution in [1.29, 1.82) is 0 Å². The Morgan fingerprint density at radius 3 is 2.79 bits per heavy atom. The van der Waals surface area contributed by atoms with Crippen LogP contribution in [-0.4, -0.2) is 53.4 Å². The molecule has 0 atom stereocenters. The molecule has 0 saturated carbocycles. The Kier molecular flexibility index (Phi) is 5.95. The van der Waals surface area contributed by atoms with E-state index in [-0.39, 0.29) is 5.91 Å². The van der Waals surface area contributed by atoms with Crippen LogP contribution in [0.1, 0.15) is 27.2 Å². The van der Waals surface area contributed by atoms with Crippen molar-refractivity contribution in [3.8, 4) is 0 Å². The van der Waals surface area contributed by atoms with Gasteiger partial charge in [0.15, 0.2) is 0 Å². The van der Waals surface area contributed by atoms with E-state index in [4.69, 9.17) is 11.6 Å². The van der Waals surface area contributed by atoms with Crippen molar-refractivity contribution in [3.63, 3.8) is 0 Å². The number of nitrogens with zero attached hydrogens (tertiary/aromatic N) is 3. The van der Waals surface area contributed by atoms with Gasteiger partial charge in [-0.05, 0) is 55.6 Å². The van der Waals surface area contributed by atoms with Crippen molar-refractivity contribution < 1.29 is 4.79 Å². The lowest BCUT2D eigenvalue weighted by atomic mass is 10.2. The van der Waals surface area contributed by atoms with Crippen molar-refractivity contribution in [2.24, 2.45) is 0 Å². The molecule has 4 rings (SSSR count). The Labute approximate surface area is 174 Å². The lowest BCUT2D eigenvalue weighted by Crippen LogP contribution is -2.35. The zero-order valence-electron chi connectivity index (χ0n) is 16.0. The number of rotatable bonds is 4. The molecule has 3 heterocycles. The predicted octanol–water partition coefficient (Wildman–Crippen LogP) is 4.65. The van der Waals surface area contributed by atoms with E-state index in [1.807, 2.05) is 29.4 Å². The molecule has 1 amide bonds. The fraction of sp³-hybridized carbons (Fsp3) is 0.364. The summed E-state index contributed by atoms with van der Waals surface area (Å²) in [6, 6.07) is 10.3. The van der Waals surface area contributed by atoms with Gasteiger partial charge in [0.1, 0.15) is 4.88 Å². The lowest BCUT2D eigenvalue weighted by Gasteiger charge is -2.21. The number of fused-ring (bicyclic) bond motifs is 1. The first kappa shape index (κ1) is 19.4. The Morgan fingerprint density at radius 2 is 1.96 bits per heavy atom. The molecule has 1 aliphatic rings. The van der Waals surface area contributed by atoms with Gasteiger partial charge in [-0.15, -0.1) is 11.3 Å². The van der Waals surface area contributed by atoms with Crippen LogP contribution in [0.3, 0.4) is 0 Å². The number of hydrogen-bond donors (Lipinski definition) is 0. The highest BCUT2D eigenvalue weighted by Gasteiger charge is 2.24.